The number of nitrogens with zero attached hydrogens (tertiary/aromatic N) is 6. The molecule has 0 bridgehead atoms. The van der Waals surface area contributed by atoms with Crippen molar-refractivity contribution in [3.63, 3.8) is 0 Å². The van der Waals surface area contributed by atoms with Gasteiger partial charge in [0.1, 0.15) is 40.4 Å². The lowest BCUT2D eigenvalue weighted by molar-refractivity contribution is -0.0392. The summed E-state index contributed by atoms with van der Waals surface area (Å²) in [7, 11) is 0. The van der Waals surface area contributed by atoms with Crippen molar-refractivity contribution in [2.75, 3.05) is 55.1 Å². The molecule has 0 spiro atoms. The van der Waals surface area contributed by atoms with Crippen molar-refractivity contribution in [1.82, 2.24) is 15.0 Å². The van der Waals surface area contributed by atoms with Gasteiger partial charge in [-0.15, -0.1) is 0 Å². The predicted octanol–water partition coefficient (Wildman–Crippen LogP) is 6.93. The van der Waals surface area contributed by atoms with E-state index in [0.29, 0.717) is 17.8 Å². The SMILES string of the molecule is CC(C)(C)OCN(COC(C)(C)C)c1nc(N(COC(C)(C)C)COC(C)(C)C)nc(N(COC(C)(C)C)COC(C)(C)C)n1. The van der Waals surface area contributed by atoms with Crippen molar-refractivity contribution in [2.45, 2.75) is 158 Å². The van der Waals surface area contributed by atoms with E-state index in [4.69, 9.17) is 43.4 Å². The van der Waals surface area contributed by atoms with Gasteiger partial charge in [-0.2, -0.15) is 15.0 Å². The van der Waals surface area contributed by atoms with Gasteiger partial charge in [0, 0.05) is 0 Å². The molecular formula is C33H66N6O6. The van der Waals surface area contributed by atoms with E-state index < -0.39 is 33.6 Å². The maximum atomic E-state index is 6.20. The Morgan fingerprint density at radius 1 is 0.311 bits per heavy atom. The molecule has 45 heavy (non-hydrogen) atoms. The van der Waals surface area contributed by atoms with Crippen LogP contribution in [0.5, 0.6) is 0 Å². The van der Waals surface area contributed by atoms with Gasteiger partial charge < -0.3 is 28.4 Å². The molecule has 1 rings (SSSR count). The Bertz CT molecular complexity index is 819. The Balaban J connectivity index is 3.86. The van der Waals surface area contributed by atoms with Crippen LogP contribution < -0.4 is 14.7 Å². The molecule has 264 valence electrons. The lowest BCUT2D eigenvalue weighted by atomic mass is 10.2. The summed E-state index contributed by atoms with van der Waals surface area (Å²) in [6.07, 6.45) is 0. The minimum Gasteiger partial charge on any atom is -0.355 e. The molecule has 0 N–H and O–H groups in total. The number of ether oxygens (including phenoxy) is 6. The Morgan fingerprint density at radius 3 is 0.556 bits per heavy atom. The molecule has 0 aliphatic rings. The molecule has 0 saturated carbocycles. The molecule has 12 heteroatoms. The van der Waals surface area contributed by atoms with E-state index in [0.717, 1.165) is 0 Å². The summed E-state index contributed by atoms with van der Waals surface area (Å²) in [4.78, 5) is 20.4. The molecular weight excluding hydrogens is 576 g/mol. The molecule has 0 saturated heterocycles. The van der Waals surface area contributed by atoms with Crippen LogP contribution >= 0.6 is 0 Å². The fourth-order valence-corrected chi connectivity index (χ4v) is 2.86. The third-order valence-corrected chi connectivity index (χ3v) is 5.37. The molecule has 0 aromatic carbocycles. The van der Waals surface area contributed by atoms with E-state index in [-0.39, 0.29) is 40.4 Å². The Morgan fingerprint density at radius 2 is 0.444 bits per heavy atom. The lowest BCUT2D eigenvalue weighted by Gasteiger charge is -2.34. The summed E-state index contributed by atoms with van der Waals surface area (Å²) in [6, 6.07) is 0. The van der Waals surface area contributed by atoms with Gasteiger partial charge in [-0.25, -0.2) is 0 Å². The Kier molecular flexibility index (Phi) is 14.5. The van der Waals surface area contributed by atoms with Crippen LogP contribution in [0.1, 0.15) is 125 Å². The first-order valence-electron chi connectivity index (χ1n) is 15.9. The minimum atomic E-state index is -0.404. The van der Waals surface area contributed by atoms with E-state index in [1.165, 1.54) is 0 Å². The van der Waals surface area contributed by atoms with Crippen LogP contribution in [0.25, 0.3) is 0 Å². The van der Waals surface area contributed by atoms with Crippen LogP contribution in [0.3, 0.4) is 0 Å². The zero-order valence-electron chi connectivity index (χ0n) is 31.9. The monoisotopic (exact) mass is 643 g/mol. The van der Waals surface area contributed by atoms with E-state index in [1.807, 2.05) is 139 Å². The standard InChI is InChI=1S/C33H66N6O6/c1-28(2,3)40-19-37(20-41-29(4,5)6)25-34-26(38(21-42-30(7,8)9)22-43-31(10,11)12)36-27(35-25)39(23-44-32(13,14)15)24-45-33(16,17)18/h19-24H2,1-18H3. The highest BCUT2D eigenvalue weighted by Gasteiger charge is 2.27. The van der Waals surface area contributed by atoms with E-state index in [9.17, 15) is 0 Å². The molecule has 0 fully saturated rings. The van der Waals surface area contributed by atoms with Gasteiger partial charge in [0.05, 0.1) is 33.6 Å². The Labute approximate surface area is 274 Å². The number of anilines is 3. The molecule has 1 aromatic rings. The summed E-state index contributed by atoms with van der Waals surface area (Å²) in [6.45, 7) is 37.2. The normalized spacial score (nSPS) is 13.7. The van der Waals surface area contributed by atoms with Gasteiger partial charge in [-0.3, -0.25) is 14.7 Å². The number of hydrogen-bond acceptors (Lipinski definition) is 12. The maximum Gasteiger partial charge on any atom is 0.235 e. The summed E-state index contributed by atoms with van der Waals surface area (Å²) in [5.41, 5.74) is -2.42. The predicted molar refractivity (Wildman–Crippen MR) is 181 cm³/mol. The zero-order valence-corrected chi connectivity index (χ0v) is 31.9. The highest BCUT2D eigenvalue weighted by Crippen LogP contribution is 2.24. The molecule has 1 aromatic heterocycles. The van der Waals surface area contributed by atoms with Crippen LogP contribution in [0.15, 0.2) is 0 Å². The first-order valence-corrected chi connectivity index (χ1v) is 15.9. The first kappa shape index (κ1) is 41.2. The second kappa shape index (κ2) is 15.8. The molecule has 0 aliphatic heterocycles. The van der Waals surface area contributed by atoms with Gasteiger partial charge >= 0.3 is 0 Å². The molecule has 0 amide bonds. The summed E-state index contributed by atoms with van der Waals surface area (Å²) in [5, 5.41) is 0. The zero-order chi connectivity index (χ0) is 35.1. The maximum absolute atomic E-state index is 6.20. The molecule has 0 radical (unpaired) electrons. The average Bonchev–Trinajstić information content (AvgIpc) is 2.79. The second-order valence-electron chi connectivity index (χ2n) is 17.2. The molecule has 0 aliphatic carbocycles. The number of aromatic nitrogens is 3. The third-order valence-electron chi connectivity index (χ3n) is 5.37. The largest absolute Gasteiger partial charge is 0.355 e. The van der Waals surface area contributed by atoms with Gasteiger partial charge in [-0.05, 0) is 125 Å². The van der Waals surface area contributed by atoms with Crippen LogP contribution in [0, 0.1) is 0 Å². The van der Waals surface area contributed by atoms with Gasteiger partial charge in [-0.1, -0.05) is 0 Å². The summed E-state index contributed by atoms with van der Waals surface area (Å²) >= 11 is 0. The third kappa shape index (κ3) is 20.1. The van der Waals surface area contributed by atoms with Crippen molar-refractivity contribution < 1.29 is 28.4 Å². The van der Waals surface area contributed by atoms with Crippen LogP contribution in [-0.2, 0) is 28.4 Å². The first-order chi connectivity index (χ1) is 20.0. The van der Waals surface area contributed by atoms with E-state index in [2.05, 4.69) is 0 Å². The van der Waals surface area contributed by atoms with Gasteiger partial charge in [0.2, 0.25) is 17.8 Å². The summed E-state index contributed by atoms with van der Waals surface area (Å²) < 4.78 is 37.2. The fraction of sp³-hybridized carbons (Fsp3) is 0.909. The van der Waals surface area contributed by atoms with Crippen molar-refractivity contribution in [1.29, 1.82) is 0 Å². The molecule has 1 heterocycles. The van der Waals surface area contributed by atoms with Gasteiger partial charge in [0.15, 0.2) is 0 Å². The number of hydrogen-bond donors (Lipinski definition) is 0. The summed E-state index contributed by atoms with van der Waals surface area (Å²) in [5.74, 6) is 1.12. The Hall–Kier alpha value is -1.83. The number of rotatable bonds is 15. The van der Waals surface area contributed by atoms with Crippen LogP contribution in [0.2, 0.25) is 0 Å². The topological polar surface area (TPSA) is 104 Å². The second-order valence-corrected chi connectivity index (χ2v) is 17.2. The van der Waals surface area contributed by atoms with Crippen molar-refractivity contribution in [3.05, 3.63) is 0 Å². The fourth-order valence-electron chi connectivity index (χ4n) is 2.86. The van der Waals surface area contributed by atoms with Crippen molar-refractivity contribution >= 4 is 17.8 Å². The molecule has 0 atom stereocenters. The van der Waals surface area contributed by atoms with Crippen LogP contribution in [0.4, 0.5) is 17.8 Å². The highest BCUT2D eigenvalue weighted by atomic mass is 16.5. The van der Waals surface area contributed by atoms with E-state index >= 15 is 0 Å². The molecule has 12 nitrogen and oxygen atoms in total. The van der Waals surface area contributed by atoms with Crippen molar-refractivity contribution in [3.8, 4) is 0 Å². The quantitative estimate of drug-likeness (QED) is 0.185. The molecule has 0 unspecified atom stereocenters. The van der Waals surface area contributed by atoms with E-state index in [1.54, 1.807) is 0 Å². The van der Waals surface area contributed by atoms with Crippen LogP contribution in [-0.4, -0.2) is 88.9 Å². The smallest absolute Gasteiger partial charge is 0.235 e. The highest BCUT2D eigenvalue weighted by molar-refractivity contribution is 5.46. The van der Waals surface area contributed by atoms with Gasteiger partial charge in [0.25, 0.3) is 0 Å². The lowest BCUT2D eigenvalue weighted by Crippen LogP contribution is -2.41. The van der Waals surface area contributed by atoms with Crippen molar-refractivity contribution in [2.24, 2.45) is 0 Å². The minimum absolute atomic E-state index is 0.191. The average molecular weight is 643 g/mol.